The summed E-state index contributed by atoms with van der Waals surface area (Å²) in [7, 11) is 5.78. The molecule has 0 radical (unpaired) electrons. The van der Waals surface area contributed by atoms with Crippen LogP contribution in [0.4, 0.5) is 10.5 Å². The highest BCUT2D eigenvalue weighted by atomic mass is 16.2. The van der Waals surface area contributed by atoms with Gasteiger partial charge in [-0.15, -0.1) is 0 Å². The third-order valence-corrected chi connectivity index (χ3v) is 3.89. The number of imidazole rings is 1. The van der Waals surface area contributed by atoms with E-state index in [1.54, 1.807) is 23.0 Å². The minimum atomic E-state index is -0.185. The van der Waals surface area contributed by atoms with Crippen LogP contribution >= 0.6 is 0 Å². The van der Waals surface area contributed by atoms with Crippen molar-refractivity contribution in [1.29, 1.82) is 0 Å². The fourth-order valence-corrected chi connectivity index (χ4v) is 2.48. The number of fused-ring (bicyclic) bond motifs is 1. The molecule has 0 saturated heterocycles. The van der Waals surface area contributed by atoms with Crippen LogP contribution in [0.1, 0.15) is 5.56 Å². The van der Waals surface area contributed by atoms with E-state index in [1.807, 2.05) is 67.5 Å². The summed E-state index contributed by atoms with van der Waals surface area (Å²) in [5, 5.41) is 0. The Morgan fingerprint density at radius 2 is 1.79 bits per heavy atom. The fraction of sp³-hybridized carbons (Fsp3) is 0.222. The fourth-order valence-electron chi connectivity index (χ4n) is 2.48. The summed E-state index contributed by atoms with van der Waals surface area (Å²) in [6.07, 6.45) is 1.61. The number of aromatic nitrogens is 2. The lowest BCUT2D eigenvalue weighted by molar-refractivity contribution is 0.217. The van der Waals surface area contributed by atoms with Crippen LogP contribution < -0.4 is 10.3 Å². The number of carbonyl (C=O) groups is 1. The first-order valence-corrected chi connectivity index (χ1v) is 7.75. The first-order valence-electron chi connectivity index (χ1n) is 7.75. The van der Waals surface area contributed by atoms with Gasteiger partial charge in [0.05, 0.1) is 11.0 Å². The molecule has 2 aromatic carbocycles. The van der Waals surface area contributed by atoms with Crippen molar-refractivity contribution in [2.75, 3.05) is 31.5 Å². The Morgan fingerprint density at radius 3 is 2.50 bits per heavy atom. The van der Waals surface area contributed by atoms with Gasteiger partial charge in [-0.25, -0.2) is 19.9 Å². The molecule has 0 atom stereocenters. The molecule has 1 heterocycles. The highest BCUT2D eigenvalue weighted by Gasteiger charge is 2.11. The lowest BCUT2D eigenvalue weighted by Gasteiger charge is -2.19. The van der Waals surface area contributed by atoms with Crippen molar-refractivity contribution in [3.8, 4) is 0 Å². The molecule has 0 aliphatic rings. The predicted octanol–water partition coefficient (Wildman–Crippen LogP) is 2.90. The van der Waals surface area contributed by atoms with E-state index in [0.717, 1.165) is 22.3 Å². The minimum absolute atomic E-state index is 0.185. The van der Waals surface area contributed by atoms with Crippen molar-refractivity contribution in [3.63, 3.8) is 0 Å². The van der Waals surface area contributed by atoms with Crippen molar-refractivity contribution >= 4 is 22.8 Å². The molecule has 0 aliphatic carbocycles. The summed E-state index contributed by atoms with van der Waals surface area (Å²) < 4.78 is 1.64. The van der Waals surface area contributed by atoms with E-state index in [0.29, 0.717) is 6.54 Å². The molecule has 6 heteroatoms. The molecule has 0 saturated carbocycles. The summed E-state index contributed by atoms with van der Waals surface area (Å²) in [4.78, 5) is 20.3. The zero-order valence-corrected chi connectivity index (χ0v) is 14.1. The van der Waals surface area contributed by atoms with E-state index in [2.05, 4.69) is 10.4 Å². The van der Waals surface area contributed by atoms with Crippen molar-refractivity contribution in [3.05, 3.63) is 60.4 Å². The first kappa shape index (κ1) is 15.9. The molecule has 124 valence electrons. The van der Waals surface area contributed by atoms with Gasteiger partial charge in [0.25, 0.3) is 0 Å². The van der Waals surface area contributed by atoms with Crippen molar-refractivity contribution in [2.45, 2.75) is 6.54 Å². The maximum absolute atomic E-state index is 12.4. The second-order valence-corrected chi connectivity index (χ2v) is 5.94. The number of para-hydroxylation sites is 2. The monoisotopic (exact) mass is 323 g/mol. The molecule has 0 spiro atoms. The molecule has 2 amide bonds. The van der Waals surface area contributed by atoms with Crippen LogP contribution in [0, 0.1) is 0 Å². The molecule has 0 aliphatic heterocycles. The molecule has 0 unspecified atom stereocenters. The van der Waals surface area contributed by atoms with Gasteiger partial charge < -0.3 is 9.80 Å². The molecule has 0 bridgehead atoms. The largest absolute Gasteiger partial charge is 0.378 e. The summed E-state index contributed by atoms with van der Waals surface area (Å²) >= 11 is 0. The van der Waals surface area contributed by atoms with Gasteiger partial charge in [-0.1, -0.05) is 24.3 Å². The van der Waals surface area contributed by atoms with Gasteiger partial charge >= 0.3 is 6.03 Å². The van der Waals surface area contributed by atoms with Crippen LogP contribution in [0.3, 0.4) is 0 Å². The number of anilines is 1. The van der Waals surface area contributed by atoms with Crippen molar-refractivity contribution in [1.82, 2.24) is 14.6 Å². The second-order valence-electron chi connectivity index (χ2n) is 5.94. The Balaban J connectivity index is 1.66. The topological polar surface area (TPSA) is 53.4 Å². The van der Waals surface area contributed by atoms with E-state index in [-0.39, 0.29) is 6.03 Å². The number of nitrogens with zero attached hydrogens (tertiary/aromatic N) is 4. The smallest absolute Gasteiger partial charge is 0.336 e. The van der Waals surface area contributed by atoms with Crippen molar-refractivity contribution < 1.29 is 4.79 Å². The lowest BCUT2D eigenvalue weighted by atomic mass is 10.2. The van der Waals surface area contributed by atoms with E-state index >= 15 is 0 Å². The molecule has 3 aromatic rings. The zero-order chi connectivity index (χ0) is 17.1. The third-order valence-electron chi connectivity index (χ3n) is 3.89. The Morgan fingerprint density at radius 1 is 1.08 bits per heavy atom. The average Bonchev–Trinajstić information content (AvgIpc) is 2.98. The summed E-state index contributed by atoms with van der Waals surface area (Å²) in [5.74, 6) is 0. The number of amides is 2. The zero-order valence-electron chi connectivity index (χ0n) is 14.1. The summed E-state index contributed by atoms with van der Waals surface area (Å²) in [6, 6.07) is 15.6. The summed E-state index contributed by atoms with van der Waals surface area (Å²) in [6.45, 7) is 0.534. The van der Waals surface area contributed by atoms with Gasteiger partial charge in [-0.2, -0.15) is 0 Å². The van der Waals surface area contributed by atoms with E-state index in [1.165, 1.54) is 0 Å². The van der Waals surface area contributed by atoms with Gasteiger partial charge in [-0.05, 0) is 29.8 Å². The Hall–Kier alpha value is -3.02. The Kier molecular flexibility index (Phi) is 4.37. The Bertz CT molecular complexity index is 838. The minimum Gasteiger partial charge on any atom is -0.378 e. The quantitative estimate of drug-likeness (QED) is 0.803. The van der Waals surface area contributed by atoms with Crippen LogP contribution in [-0.4, -0.2) is 41.7 Å². The standard InChI is InChI=1S/C18H21N5O/c1-21(2)15-10-8-14(9-11-15)12-22(3)18(24)20-23-13-19-16-6-4-5-7-17(16)23/h4-11,13H,12H2,1-3H3,(H,20,24). The molecular formula is C18H21N5O. The number of nitrogens with one attached hydrogen (secondary N) is 1. The molecule has 3 rings (SSSR count). The van der Waals surface area contributed by atoms with Gasteiger partial charge in [0, 0.05) is 33.4 Å². The molecule has 0 fully saturated rings. The number of hydrogen-bond acceptors (Lipinski definition) is 3. The summed E-state index contributed by atoms with van der Waals surface area (Å²) in [5.41, 5.74) is 6.78. The van der Waals surface area contributed by atoms with Crippen LogP contribution in [0.25, 0.3) is 11.0 Å². The maximum atomic E-state index is 12.4. The van der Waals surface area contributed by atoms with E-state index in [9.17, 15) is 4.79 Å². The number of urea groups is 1. The molecule has 24 heavy (non-hydrogen) atoms. The third kappa shape index (κ3) is 3.32. The molecule has 1 aromatic heterocycles. The van der Waals surface area contributed by atoms with Crippen molar-refractivity contribution in [2.24, 2.45) is 0 Å². The molecular weight excluding hydrogens is 302 g/mol. The van der Waals surface area contributed by atoms with Gasteiger partial charge in [0.15, 0.2) is 0 Å². The number of hydrogen-bond donors (Lipinski definition) is 1. The average molecular weight is 323 g/mol. The number of carbonyl (C=O) groups excluding carboxylic acids is 1. The van der Waals surface area contributed by atoms with Crippen LogP contribution in [0.5, 0.6) is 0 Å². The maximum Gasteiger partial charge on any atom is 0.336 e. The van der Waals surface area contributed by atoms with Gasteiger partial charge in [0.1, 0.15) is 6.33 Å². The highest BCUT2D eigenvalue weighted by Crippen LogP contribution is 2.14. The highest BCUT2D eigenvalue weighted by molar-refractivity contribution is 5.85. The first-order chi connectivity index (χ1) is 11.5. The van der Waals surface area contributed by atoms with Gasteiger partial charge in [0.2, 0.25) is 0 Å². The number of benzene rings is 2. The molecule has 6 nitrogen and oxygen atoms in total. The van der Waals surface area contributed by atoms with Crippen LogP contribution in [0.15, 0.2) is 54.9 Å². The molecule has 1 N–H and O–H groups in total. The van der Waals surface area contributed by atoms with E-state index in [4.69, 9.17) is 0 Å². The lowest BCUT2D eigenvalue weighted by Crippen LogP contribution is -2.35. The van der Waals surface area contributed by atoms with Gasteiger partial charge in [-0.3, -0.25) is 0 Å². The number of rotatable bonds is 4. The van der Waals surface area contributed by atoms with Crippen LogP contribution in [0.2, 0.25) is 0 Å². The van der Waals surface area contributed by atoms with E-state index < -0.39 is 0 Å². The van der Waals surface area contributed by atoms with Crippen LogP contribution in [-0.2, 0) is 6.54 Å². The SMILES string of the molecule is CN(Cc1ccc(N(C)C)cc1)C(=O)Nn1cnc2ccccc21. The normalized spacial score (nSPS) is 10.6. The predicted molar refractivity (Wildman–Crippen MR) is 96.7 cm³/mol. The Labute approximate surface area is 141 Å². The second kappa shape index (κ2) is 6.62.